The molecule has 0 saturated carbocycles. The summed E-state index contributed by atoms with van der Waals surface area (Å²) < 4.78 is 3.04. The molecule has 1 aromatic carbocycles. The van der Waals surface area contributed by atoms with Gasteiger partial charge < -0.3 is 4.90 Å². The molecule has 5 nitrogen and oxygen atoms in total. The van der Waals surface area contributed by atoms with Crippen molar-refractivity contribution in [3.05, 3.63) is 46.2 Å². The molecule has 1 aliphatic heterocycles. The van der Waals surface area contributed by atoms with Crippen molar-refractivity contribution in [1.82, 2.24) is 19.7 Å². The second kappa shape index (κ2) is 6.26. The van der Waals surface area contributed by atoms with E-state index in [-0.39, 0.29) is 11.9 Å². The molecule has 1 unspecified atom stereocenters. The number of thiazole rings is 1. The van der Waals surface area contributed by atoms with Crippen molar-refractivity contribution in [2.45, 2.75) is 39.2 Å². The van der Waals surface area contributed by atoms with Gasteiger partial charge in [0.1, 0.15) is 5.01 Å². The van der Waals surface area contributed by atoms with E-state index in [1.54, 1.807) is 11.3 Å². The molecule has 1 saturated heterocycles. The second-order valence-electron chi connectivity index (χ2n) is 6.71. The van der Waals surface area contributed by atoms with Crippen LogP contribution in [0.25, 0.3) is 10.2 Å². The number of amides is 1. The van der Waals surface area contributed by atoms with E-state index in [9.17, 15) is 4.79 Å². The molecular formula is C19H22N4OS. The van der Waals surface area contributed by atoms with Crippen molar-refractivity contribution in [2.75, 3.05) is 6.54 Å². The van der Waals surface area contributed by atoms with Crippen LogP contribution in [0.15, 0.2) is 24.3 Å². The van der Waals surface area contributed by atoms with Gasteiger partial charge >= 0.3 is 0 Å². The fourth-order valence-corrected chi connectivity index (χ4v) is 4.80. The molecule has 1 atom stereocenters. The molecular weight excluding hydrogens is 332 g/mol. The summed E-state index contributed by atoms with van der Waals surface area (Å²) in [6.07, 6.45) is 2.46. The lowest BCUT2D eigenvalue weighted by Crippen LogP contribution is -2.32. The molecule has 0 aliphatic carbocycles. The maximum absolute atomic E-state index is 13.0. The van der Waals surface area contributed by atoms with Crippen LogP contribution < -0.4 is 0 Å². The van der Waals surface area contributed by atoms with Crippen molar-refractivity contribution in [1.29, 1.82) is 0 Å². The van der Waals surface area contributed by atoms with Gasteiger partial charge in [-0.25, -0.2) is 4.98 Å². The molecule has 0 spiro atoms. The van der Waals surface area contributed by atoms with Gasteiger partial charge in [0, 0.05) is 24.8 Å². The second-order valence-corrected chi connectivity index (χ2v) is 7.78. The van der Waals surface area contributed by atoms with E-state index in [1.165, 1.54) is 4.70 Å². The van der Waals surface area contributed by atoms with Crippen LogP contribution in [-0.2, 0) is 18.3 Å². The maximum Gasteiger partial charge on any atom is 0.227 e. The molecule has 3 aromatic rings. The van der Waals surface area contributed by atoms with E-state index in [0.29, 0.717) is 6.42 Å². The zero-order valence-corrected chi connectivity index (χ0v) is 15.6. The number of hydrogen-bond acceptors (Lipinski definition) is 4. The number of aryl methyl sites for hydroxylation is 2. The van der Waals surface area contributed by atoms with Gasteiger partial charge in [-0.3, -0.25) is 9.48 Å². The Balaban J connectivity index is 1.59. The first kappa shape index (κ1) is 16.3. The lowest BCUT2D eigenvalue weighted by atomic mass is 10.1. The number of fused-ring (bicyclic) bond motifs is 1. The van der Waals surface area contributed by atoms with E-state index in [0.717, 1.165) is 46.9 Å². The SMILES string of the molecule is Cc1nn(C)c(C)c1CC(=O)N1CCCC1c1nc2ccccc2s1. The number of hydrogen-bond donors (Lipinski definition) is 0. The summed E-state index contributed by atoms with van der Waals surface area (Å²) >= 11 is 1.71. The Bertz CT molecular complexity index is 909. The molecule has 0 N–H and O–H groups in total. The summed E-state index contributed by atoms with van der Waals surface area (Å²) in [6, 6.07) is 8.30. The lowest BCUT2D eigenvalue weighted by Gasteiger charge is -2.23. The highest BCUT2D eigenvalue weighted by atomic mass is 32.1. The van der Waals surface area contributed by atoms with E-state index in [4.69, 9.17) is 4.98 Å². The summed E-state index contributed by atoms with van der Waals surface area (Å²) in [6.45, 7) is 4.82. The maximum atomic E-state index is 13.0. The molecule has 130 valence electrons. The van der Waals surface area contributed by atoms with Gasteiger partial charge in [-0.15, -0.1) is 11.3 Å². The van der Waals surface area contributed by atoms with Crippen LogP contribution in [0.3, 0.4) is 0 Å². The largest absolute Gasteiger partial charge is 0.333 e. The van der Waals surface area contributed by atoms with Crippen LogP contribution in [0.5, 0.6) is 0 Å². The van der Waals surface area contributed by atoms with Gasteiger partial charge in [-0.1, -0.05) is 12.1 Å². The van der Waals surface area contributed by atoms with Gasteiger partial charge in [-0.05, 0) is 38.8 Å². The fraction of sp³-hybridized carbons (Fsp3) is 0.421. The third-order valence-corrected chi connectivity index (χ3v) is 6.29. The number of carbonyl (C=O) groups excluding carboxylic acids is 1. The number of likely N-dealkylation sites (tertiary alicyclic amines) is 1. The number of rotatable bonds is 3. The Kier molecular flexibility index (Phi) is 4.07. The molecule has 1 fully saturated rings. The van der Waals surface area contributed by atoms with E-state index in [1.807, 2.05) is 48.7 Å². The monoisotopic (exact) mass is 354 g/mol. The highest BCUT2D eigenvalue weighted by Crippen LogP contribution is 2.36. The highest BCUT2D eigenvalue weighted by molar-refractivity contribution is 7.18. The van der Waals surface area contributed by atoms with E-state index >= 15 is 0 Å². The summed E-state index contributed by atoms with van der Waals surface area (Å²) in [5, 5.41) is 5.49. The van der Waals surface area contributed by atoms with Crippen molar-refractivity contribution >= 4 is 27.5 Å². The third-order valence-electron chi connectivity index (χ3n) is 5.16. The van der Waals surface area contributed by atoms with Crippen LogP contribution in [0.1, 0.15) is 40.8 Å². The van der Waals surface area contributed by atoms with Gasteiger partial charge in [-0.2, -0.15) is 5.10 Å². The van der Waals surface area contributed by atoms with Crippen LogP contribution in [0.4, 0.5) is 0 Å². The van der Waals surface area contributed by atoms with Crippen molar-refractivity contribution in [2.24, 2.45) is 7.05 Å². The fourth-order valence-electron chi connectivity index (χ4n) is 3.68. The summed E-state index contributed by atoms with van der Waals surface area (Å²) in [4.78, 5) is 19.8. The molecule has 3 heterocycles. The number of benzene rings is 1. The number of carbonyl (C=O) groups is 1. The molecule has 0 radical (unpaired) electrons. The Hall–Kier alpha value is -2.21. The first-order chi connectivity index (χ1) is 12.0. The summed E-state index contributed by atoms with van der Waals surface area (Å²) in [5.41, 5.74) is 4.11. The van der Waals surface area contributed by atoms with Crippen LogP contribution in [0.2, 0.25) is 0 Å². The average Bonchev–Trinajstić information content (AvgIpc) is 3.28. The minimum atomic E-state index is 0.113. The smallest absolute Gasteiger partial charge is 0.227 e. The molecule has 6 heteroatoms. The van der Waals surface area contributed by atoms with Crippen molar-refractivity contribution in [3.8, 4) is 0 Å². The van der Waals surface area contributed by atoms with Crippen molar-refractivity contribution < 1.29 is 4.79 Å². The topological polar surface area (TPSA) is 51.0 Å². The minimum absolute atomic E-state index is 0.113. The standard InChI is InChI=1S/C19H22N4OS/c1-12-14(13(2)22(3)21-12)11-18(24)23-10-6-8-16(23)19-20-15-7-4-5-9-17(15)25-19/h4-5,7,9,16H,6,8,10-11H2,1-3H3. The number of aromatic nitrogens is 3. The zero-order chi connectivity index (χ0) is 17.6. The summed E-state index contributed by atoms with van der Waals surface area (Å²) in [7, 11) is 1.93. The highest BCUT2D eigenvalue weighted by Gasteiger charge is 2.32. The van der Waals surface area contributed by atoms with Gasteiger partial charge in [0.2, 0.25) is 5.91 Å². The predicted molar refractivity (Wildman–Crippen MR) is 99.7 cm³/mol. The van der Waals surface area contributed by atoms with E-state index in [2.05, 4.69) is 11.2 Å². The number of para-hydroxylation sites is 1. The molecule has 25 heavy (non-hydrogen) atoms. The average molecular weight is 354 g/mol. The lowest BCUT2D eigenvalue weighted by molar-refractivity contribution is -0.131. The van der Waals surface area contributed by atoms with Gasteiger partial charge in [0.25, 0.3) is 0 Å². The molecule has 2 aromatic heterocycles. The first-order valence-corrected chi connectivity index (χ1v) is 9.50. The van der Waals surface area contributed by atoms with Gasteiger partial charge in [0.05, 0.1) is 28.4 Å². The van der Waals surface area contributed by atoms with E-state index < -0.39 is 0 Å². The van der Waals surface area contributed by atoms with Crippen molar-refractivity contribution in [3.63, 3.8) is 0 Å². The Labute approximate surface area is 151 Å². The Morgan fingerprint density at radius 2 is 2.12 bits per heavy atom. The minimum Gasteiger partial charge on any atom is -0.333 e. The number of nitrogens with zero attached hydrogens (tertiary/aromatic N) is 4. The van der Waals surface area contributed by atoms with Crippen LogP contribution >= 0.6 is 11.3 Å². The Morgan fingerprint density at radius 1 is 1.32 bits per heavy atom. The van der Waals surface area contributed by atoms with Crippen LogP contribution in [-0.4, -0.2) is 32.1 Å². The third kappa shape index (κ3) is 2.84. The quantitative estimate of drug-likeness (QED) is 0.723. The summed E-state index contributed by atoms with van der Waals surface area (Å²) in [5.74, 6) is 0.181. The first-order valence-electron chi connectivity index (χ1n) is 8.68. The normalized spacial score (nSPS) is 17.6. The molecule has 1 aliphatic rings. The van der Waals surface area contributed by atoms with Crippen LogP contribution in [0, 0.1) is 13.8 Å². The Morgan fingerprint density at radius 3 is 2.84 bits per heavy atom. The predicted octanol–water partition coefficient (Wildman–Crippen LogP) is 3.55. The molecule has 1 amide bonds. The molecule has 0 bridgehead atoms. The van der Waals surface area contributed by atoms with Gasteiger partial charge in [0.15, 0.2) is 0 Å². The molecule has 4 rings (SSSR count). The zero-order valence-electron chi connectivity index (χ0n) is 14.8.